The Hall–Kier alpha value is -1.86. The molecule has 5 atom stereocenters. The number of rotatable bonds is 17. The number of aryl methyl sites for hydroxylation is 1. The topological polar surface area (TPSA) is 97.1 Å². The van der Waals surface area contributed by atoms with Gasteiger partial charge >= 0.3 is 5.97 Å². The van der Waals surface area contributed by atoms with Gasteiger partial charge in [-0.15, -0.1) is 0 Å². The maximum atomic E-state index is 12.0. The molecule has 0 aliphatic rings. The van der Waals surface area contributed by atoms with E-state index >= 15 is 0 Å². The molecule has 0 aromatic carbocycles. The molecule has 0 aliphatic carbocycles. The molecule has 0 bridgehead atoms. The van der Waals surface area contributed by atoms with Crippen LogP contribution in [0.1, 0.15) is 86.7 Å². The van der Waals surface area contributed by atoms with Gasteiger partial charge in [-0.3, -0.25) is 0 Å². The smallest absolute Gasteiger partial charge is 0.330 e. The predicted octanol–water partition coefficient (Wildman–Crippen LogP) is 8.40. The number of aldehydes is 1. The lowest BCUT2D eigenvalue weighted by Gasteiger charge is -2.40. The van der Waals surface area contributed by atoms with Gasteiger partial charge in [0.25, 0.3) is 0 Å². The third-order valence-electron chi connectivity index (χ3n) is 9.39. The molecule has 0 saturated heterocycles. The van der Waals surface area contributed by atoms with Crippen LogP contribution in [0, 0.1) is 11.8 Å². The second kappa shape index (κ2) is 16.6. The van der Waals surface area contributed by atoms with E-state index in [1.807, 2.05) is 19.9 Å². The highest BCUT2D eigenvalue weighted by molar-refractivity contribution is 6.74. The number of allylic oxidation sites excluding steroid dienone is 1. The first-order valence-corrected chi connectivity index (χ1v) is 21.6. The standard InChI is InChI=1S/C34H61NO7Si2/c1-24(20-29(38-10)30(22-36)42-44(14,15)34(7,8)9)16-18-31-35-27(23-40-31)26(3)21-28(25(2)17-19-32(37)39-11)41-43(12,13)33(4,5)6/h17,19,21-25,28-30H,16,18,20H2,1-15H3/b19-17+,26-21+/t24-,25+,28+,29+,30+/m1/s1. The summed E-state index contributed by atoms with van der Waals surface area (Å²) in [5.74, 6) is 0.483. The van der Waals surface area contributed by atoms with E-state index in [-0.39, 0.29) is 40.1 Å². The van der Waals surface area contributed by atoms with Crippen molar-refractivity contribution in [1.29, 1.82) is 0 Å². The summed E-state index contributed by atoms with van der Waals surface area (Å²) in [6, 6.07) is 0. The van der Waals surface area contributed by atoms with Gasteiger partial charge in [-0.25, -0.2) is 9.78 Å². The number of carbonyl (C=O) groups excluding carboxylic acids is 2. The largest absolute Gasteiger partial charge is 0.466 e. The first kappa shape index (κ1) is 40.2. The van der Waals surface area contributed by atoms with Crippen LogP contribution in [0.15, 0.2) is 28.9 Å². The Kier molecular flexibility index (Phi) is 15.2. The summed E-state index contributed by atoms with van der Waals surface area (Å²) in [6.45, 7) is 28.1. The van der Waals surface area contributed by atoms with Gasteiger partial charge in [0.05, 0.1) is 19.3 Å². The Morgan fingerprint density at radius 1 is 0.977 bits per heavy atom. The minimum Gasteiger partial charge on any atom is -0.466 e. The van der Waals surface area contributed by atoms with Crippen LogP contribution in [-0.4, -0.2) is 66.4 Å². The van der Waals surface area contributed by atoms with Gasteiger partial charge in [-0.05, 0) is 67.5 Å². The summed E-state index contributed by atoms with van der Waals surface area (Å²) in [5, 5.41) is 0.0308. The molecule has 0 radical (unpaired) electrons. The Morgan fingerprint density at radius 2 is 1.52 bits per heavy atom. The SMILES string of the molecule is COC(=O)/C=C/[C@H](C)[C@H](/C=C(\C)c1coc(CC[C@@H](C)C[C@H](OC)[C@H](C=O)O[Si](C)(C)C(C)(C)C)n1)O[Si](C)(C)C(C)(C)C. The number of aromatic nitrogens is 1. The van der Waals surface area contributed by atoms with Gasteiger partial charge in [0.1, 0.15) is 24.3 Å². The lowest BCUT2D eigenvalue weighted by atomic mass is 9.96. The van der Waals surface area contributed by atoms with Crippen LogP contribution in [0.4, 0.5) is 0 Å². The van der Waals surface area contributed by atoms with Crippen LogP contribution in [0.3, 0.4) is 0 Å². The van der Waals surface area contributed by atoms with Crippen molar-refractivity contribution in [3.63, 3.8) is 0 Å². The Balaban J connectivity index is 3.02. The molecule has 1 aromatic heterocycles. The molecule has 0 saturated carbocycles. The maximum Gasteiger partial charge on any atom is 0.330 e. The van der Waals surface area contributed by atoms with E-state index in [0.717, 1.165) is 24.0 Å². The van der Waals surface area contributed by atoms with Crippen molar-refractivity contribution in [1.82, 2.24) is 4.98 Å². The van der Waals surface area contributed by atoms with Crippen molar-refractivity contribution >= 4 is 34.5 Å². The van der Waals surface area contributed by atoms with Crippen molar-refractivity contribution < 1.29 is 32.3 Å². The second-order valence-electron chi connectivity index (χ2n) is 15.2. The monoisotopic (exact) mass is 651 g/mol. The first-order valence-electron chi connectivity index (χ1n) is 15.8. The van der Waals surface area contributed by atoms with E-state index < -0.39 is 22.7 Å². The van der Waals surface area contributed by atoms with Gasteiger partial charge in [0.15, 0.2) is 22.5 Å². The molecular weight excluding hydrogens is 591 g/mol. The van der Waals surface area contributed by atoms with E-state index in [1.54, 1.807) is 13.4 Å². The summed E-state index contributed by atoms with van der Waals surface area (Å²) in [4.78, 5) is 28.5. The molecule has 0 fully saturated rings. The van der Waals surface area contributed by atoms with Crippen LogP contribution in [0.5, 0.6) is 0 Å². The van der Waals surface area contributed by atoms with Crippen molar-refractivity contribution in [2.45, 2.75) is 136 Å². The molecule has 1 aromatic rings. The average molecular weight is 652 g/mol. The number of esters is 1. The number of hydrogen-bond acceptors (Lipinski definition) is 8. The Bertz CT molecular complexity index is 1110. The molecule has 10 heteroatoms. The van der Waals surface area contributed by atoms with Crippen LogP contribution in [0.25, 0.3) is 5.57 Å². The fourth-order valence-electron chi connectivity index (χ4n) is 4.11. The van der Waals surface area contributed by atoms with E-state index in [4.69, 9.17) is 27.7 Å². The molecule has 1 rings (SSSR count). The summed E-state index contributed by atoms with van der Waals surface area (Å²) in [5.41, 5.74) is 1.71. The lowest BCUT2D eigenvalue weighted by Crippen LogP contribution is -2.48. The summed E-state index contributed by atoms with van der Waals surface area (Å²) in [7, 11) is -1.22. The highest BCUT2D eigenvalue weighted by Gasteiger charge is 2.41. The lowest BCUT2D eigenvalue weighted by molar-refractivity contribution is -0.134. The third kappa shape index (κ3) is 12.2. The van der Waals surface area contributed by atoms with E-state index in [9.17, 15) is 9.59 Å². The molecule has 0 spiro atoms. The zero-order valence-corrected chi connectivity index (χ0v) is 32.2. The van der Waals surface area contributed by atoms with Crippen LogP contribution < -0.4 is 0 Å². The van der Waals surface area contributed by atoms with Crippen LogP contribution in [0.2, 0.25) is 36.3 Å². The van der Waals surface area contributed by atoms with Gasteiger partial charge in [0, 0.05) is 25.5 Å². The van der Waals surface area contributed by atoms with Gasteiger partial charge in [-0.1, -0.05) is 67.5 Å². The molecule has 0 N–H and O–H groups in total. The minimum absolute atomic E-state index is 0.00207. The highest BCUT2D eigenvalue weighted by atomic mass is 28.4. The molecule has 8 nitrogen and oxygen atoms in total. The van der Waals surface area contributed by atoms with Crippen LogP contribution in [-0.2, 0) is 34.3 Å². The van der Waals surface area contributed by atoms with Crippen molar-refractivity contribution in [3.8, 4) is 0 Å². The van der Waals surface area contributed by atoms with Crippen LogP contribution >= 0.6 is 0 Å². The summed E-state index contributed by atoms with van der Waals surface area (Å²) >= 11 is 0. The van der Waals surface area contributed by atoms with E-state index in [2.05, 4.69) is 80.7 Å². The number of methoxy groups -OCH3 is 2. The van der Waals surface area contributed by atoms with Gasteiger partial charge < -0.3 is 27.5 Å². The van der Waals surface area contributed by atoms with Gasteiger partial charge in [-0.2, -0.15) is 0 Å². The number of ether oxygens (including phenoxy) is 2. The molecule has 252 valence electrons. The summed E-state index contributed by atoms with van der Waals surface area (Å²) in [6.07, 6.45) is 9.02. The minimum atomic E-state index is -2.12. The number of hydrogen-bond donors (Lipinski definition) is 0. The first-order chi connectivity index (χ1) is 20.1. The van der Waals surface area contributed by atoms with E-state index in [0.29, 0.717) is 18.7 Å². The van der Waals surface area contributed by atoms with Crippen molar-refractivity contribution in [2.24, 2.45) is 11.8 Å². The number of nitrogens with zero attached hydrogens (tertiary/aromatic N) is 1. The molecule has 44 heavy (non-hydrogen) atoms. The number of carbonyl (C=O) groups is 2. The van der Waals surface area contributed by atoms with Crippen molar-refractivity contribution in [2.75, 3.05) is 14.2 Å². The Morgan fingerprint density at radius 3 is 2.00 bits per heavy atom. The van der Waals surface area contributed by atoms with E-state index in [1.165, 1.54) is 13.2 Å². The van der Waals surface area contributed by atoms with Crippen molar-refractivity contribution in [3.05, 3.63) is 36.1 Å². The molecular formula is C34H61NO7Si2. The Labute approximate surface area is 269 Å². The molecule has 0 aliphatic heterocycles. The average Bonchev–Trinajstić information content (AvgIpc) is 3.39. The highest BCUT2D eigenvalue weighted by Crippen LogP contribution is 2.39. The zero-order valence-electron chi connectivity index (χ0n) is 30.2. The molecule has 1 heterocycles. The molecule has 0 amide bonds. The summed E-state index contributed by atoms with van der Waals surface area (Å²) < 4.78 is 29.6. The fourth-order valence-corrected chi connectivity index (χ4v) is 6.67. The predicted molar refractivity (Wildman–Crippen MR) is 184 cm³/mol. The number of oxazole rings is 1. The fraction of sp³-hybridized carbons (Fsp3) is 0.735. The molecule has 0 unspecified atom stereocenters. The zero-order chi connectivity index (χ0) is 34.1. The van der Waals surface area contributed by atoms with Gasteiger partial charge in [0.2, 0.25) is 0 Å². The quantitative estimate of drug-likeness (QED) is 0.0717. The third-order valence-corrected chi connectivity index (χ3v) is 18.3. The second-order valence-corrected chi connectivity index (χ2v) is 24.7. The maximum absolute atomic E-state index is 12.0. The normalized spacial score (nSPS) is 17.3.